The molecule has 2 fully saturated rings. The number of carbonyl (C=O) groups excluding carboxylic acids is 1. The molecule has 0 spiro atoms. The van der Waals surface area contributed by atoms with E-state index in [4.69, 9.17) is 0 Å². The number of hydrogen-bond donors (Lipinski definition) is 2. The van der Waals surface area contributed by atoms with Gasteiger partial charge in [0.15, 0.2) is 0 Å². The first-order chi connectivity index (χ1) is 7.33. The quantitative estimate of drug-likeness (QED) is 0.619. The van der Waals surface area contributed by atoms with E-state index >= 15 is 0 Å². The van der Waals surface area contributed by atoms with Gasteiger partial charge in [0.2, 0.25) is 5.91 Å². The lowest BCUT2D eigenvalue weighted by Crippen LogP contribution is -2.33. The van der Waals surface area contributed by atoms with Crippen LogP contribution in [-0.4, -0.2) is 25.5 Å². The Morgan fingerprint density at radius 1 is 1.27 bits per heavy atom. The summed E-state index contributed by atoms with van der Waals surface area (Å²) in [5.74, 6) is 2.31. The van der Waals surface area contributed by atoms with Crippen LogP contribution in [0.25, 0.3) is 0 Å². The number of carbonyl (C=O) groups is 1. The van der Waals surface area contributed by atoms with Crippen molar-refractivity contribution in [3.05, 3.63) is 0 Å². The first kappa shape index (κ1) is 10.9. The Kier molecular flexibility index (Phi) is 3.62. The molecule has 1 amide bonds. The minimum absolute atomic E-state index is 0.296. The normalized spacial score (nSPS) is 28.9. The molecule has 2 rings (SSSR count). The highest BCUT2D eigenvalue weighted by atomic mass is 16.2. The summed E-state index contributed by atoms with van der Waals surface area (Å²) in [5, 5.41) is 6.30. The summed E-state index contributed by atoms with van der Waals surface area (Å²) in [5.41, 5.74) is 0. The average molecular weight is 210 g/mol. The molecule has 15 heavy (non-hydrogen) atoms. The zero-order valence-electron chi connectivity index (χ0n) is 9.59. The van der Waals surface area contributed by atoms with Gasteiger partial charge in [-0.2, -0.15) is 0 Å². The molecule has 0 aromatic carbocycles. The van der Waals surface area contributed by atoms with Crippen LogP contribution in [-0.2, 0) is 4.79 Å². The smallest absolute Gasteiger partial charge is 0.223 e. The van der Waals surface area contributed by atoms with Crippen LogP contribution in [0.5, 0.6) is 0 Å². The molecule has 2 N–H and O–H groups in total. The van der Waals surface area contributed by atoms with Crippen LogP contribution in [0.4, 0.5) is 0 Å². The number of nitrogens with one attached hydrogen (secondary N) is 2. The third-order valence-electron chi connectivity index (χ3n) is 3.43. The molecule has 3 nitrogen and oxygen atoms in total. The molecule has 0 aromatic rings. The monoisotopic (exact) mass is 210 g/mol. The second kappa shape index (κ2) is 4.97. The first-order valence-electron chi connectivity index (χ1n) is 6.31. The molecule has 86 valence electrons. The van der Waals surface area contributed by atoms with Crippen LogP contribution >= 0.6 is 0 Å². The lowest BCUT2D eigenvalue weighted by atomic mass is 10.2. The van der Waals surface area contributed by atoms with E-state index in [-0.39, 0.29) is 0 Å². The van der Waals surface area contributed by atoms with Crippen LogP contribution < -0.4 is 10.6 Å². The van der Waals surface area contributed by atoms with Gasteiger partial charge in [0.1, 0.15) is 0 Å². The Morgan fingerprint density at radius 2 is 2.07 bits per heavy atom. The van der Waals surface area contributed by atoms with Crippen LogP contribution in [0.15, 0.2) is 0 Å². The predicted molar refractivity (Wildman–Crippen MR) is 60.5 cm³/mol. The molecule has 0 aromatic heterocycles. The van der Waals surface area contributed by atoms with Gasteiger partial charge >= 0.3 is 0 Å². The third kappa shape index (κ3) is 3.20. The lowest BCUT2D eigenvalue weighted by molar-refractivity contribution is -0.122. The molecule has 0 bridgehead atoms. The molecular formula is C12H22N2O. The van der Waals surface area contributed by atoms with Crippen molar-refractivity contribution in [2.45, 2.75) is 32.6 Å². The van der Waals surface area contributed by atoms with Crippen molar-refractivity contribution in [1.29, 1.82) is 0 Å². The highest BCUT2D eigenvalue weighted by Crippen LogP contribution is 2.54. The van der Waals surface area contributed by atoms with Crippen molar-refractivity contribution in [2.75, 3.05) is 19.6 Å². The Morgan fingerprint density at radius 3 is 2.73 bits per heavy atom. The molecule has 3 heteroatoms. The van der Waals surface area contributed by atoms with Crippen molar-refractivity contribution in [1.82, 2.24) is 10.6 Å². The van der Waals surface area contributed by atoms with Crippen molar-refractivity contribution < 1.29 is 4.79 Å². The molecule has 2 aliphatic rings. The number of rotatable bonds is 7. The number of hydrogen-bond acceptors (Lipinski definition) is 2. The van der Waals surface area contributed by atoms with Crippen molar-refractivity contribution in [3.63, 3.8) is 0 Å². The van der Waals surface area contributed by atoms with E-state index in [9.17, 15) is 4.79 Å². The number of amides is 1. The zero-order valence-corrected chi connectivity index (χ0v) is 9.59. The van der Waals surface area contributed by atoms with Gasteiger partial charge in [-0.15, -0.1) is 0 Å². The van der Waals surface area contributed by atoms with Gasteiger partial charge in [0.05, 0.1) is 0 Å². The van der Waals surface area contributed by atoms with E-state index in [2.05, 4.69) is 17.6 Å². The van der Waals surface area contributed by atoms with Gasteiger partial charge in [-0.3, -0.25) is 4.79 Å². The van der Waals surface area contributed by atoms with E-state index in [0.717, 1.165) is 44.3 Å². The molecule has 0 heterocycles. The second-order valence-corrected chi connectivity index (χ2v) is 4.88. The summed E-state index contributed by atoms with van der Waals surface area (Å²) in [6, 6.07) is 0. The summed E-state index contributed by atoms with van der Waals surface area (Å²) in [7, 11) is 0. The van der Waals surface area contributed by atoms with Gasteiger partial charge in [0, 0.05) is 19.0 Å². The summed E-state index contributed by atoms with van der Waals surface area (Å²) in [6.45, 7) is 4.88. The van der Waals surface area contributed by atoms with Gasteiger partial charge < -0.3 is 10.6 Å². The molecule has 0 radical (unpaired) electrons. The van der Waals surface area contributed by atoms with Crippen LogP contribution in [0.3, 0.4) is 0 Å². The third-order valence-corrected chi connectivity index (χ3v) is 3.43. The van der Waals surface area contributed by atoms with E-state index in [1.807, 2.05) is 0 Å². The summed E-state index contributed by atoms with van der Waals surface area (Å²) in [6.07, 6.45) is 5.04. The summed E-state index contributed by atoms with van der Waals surface area (Å²) >= 11 is 0. The van der Waals surface area contributed by atoms with Crippen LogP contribution in [0, 0.1) is 17.8 Å². The second-order valence-electron chi connectivity index (χ2n) is 4.88. The summed E-state index contributed by atoms with van der Waals surface area (Å²) < 4.78 is 0. The van der Waals surface area contributed by atoms with Crippen molar-refractivity contribution in [3.8, 4) is 0 Å². The molecule has 2 unspecified atom stereocenters. The fourth-order valence-corrected chi connectivity index (χ4v) is 2.27. The molecule has 2 aliphatic carbocycles. The maximum atomic E-state index is 11.6. The Bertz CT molecular complexity index is 226. The van der Waals surface area contributed by atoms with Gasteiger partial charge in [0.25, 0.3) is 0 Å². The van der Waals surface area contributed by atoms with Gasteiger partial charge in [-0.25, -0.2) is 0 Å². The molecule has 0 saturated heterocycles. The highest BCUT2D eigenvalue weighted by molar-refractivity contribution is 5.81. The molecule has 2 atom stereocenters. The van der Waals surface area contributed by atoms with E-state index in [1.54, 1.807) is 0 Å². The molecular weight excluding hydrogens is 188 g/mol. The van der Waals surface area contributed by atoms with Gasteiger partial charge in [-0.05, 0) is 44.1 Å². The highest BCUT2D eigenvalue weighted by Gasteiger charge is 2.50. The van der Waals surface area contributed by atoms with Crippen molar-refractivity contribution >= 4 is 5.91 Å². The van der Waals surface area contributed by atoms with Crippen molar-refractivity contribution in [2.24, 2.45) is 17.8 Å². The summed E-state index contributed by atoms with van der Waals surface area (Å²) in [4.78, 5) is 11.6. The minimum Gasteiger partial charge on any atom is -0.355 e. The minimum atomic E-state index is 0.296. The van der Waals surface area contributed by atoms with Crippen LogP contribution in [0.1, 0.15) is 32.6 Å². The SMILES string of the molecule is CCCNCCNC(=O)C1CC1C1CC1. The van der Waals surface area contributed by atoms with E-state index in [1.165, 1.54) is 12.8 Å². The lowest BCUT2D eigenvalue weighted by Gasteiger charge is -2.05. The Balaban J connectivity index is 1.50. The molecule has 2 saturated carbocycles. The zero-order chi connectivity index (χ0) is 10.7. The fourth-order valence-electron chi connectivity index (χ4n) is 2.27. The van der Waals surface area contributed by atoms with E-state index in [0.29, 0.717) is 11.8 Å². The first-order valence-corrected chi connectivity index (χ1v) is 6.31. The topological polar surface area (TPSA) is 41.1 Å². The maximum absolute atomic E-state index is 11.6. The standard InChI is InChI=1S/C12H22N2O/c1-2-5-13-6-7-14-12(15)11-8-10(11)9-3-4-9/h9-11,13H,2-8H2,1H3,(H,14,15). The van der Waals surface area contributed by atoms with Crippen LogP contribution in [0.2, 0.25) is 0 Å². The fraction of sp³-hybridized carbons (Fsp3) is 0.917. The average Bonchev–Trinajstić information content (AvgIpc) is 3.05. The Labute approximate surface area is 92.0 Å². The van der Waals surface area contributed by atoms with E-state index < -0.39 is 0 Å². The Hall–Kier alpha value is -0.570. The maximum Gasteiger partial charge on any atom is 0.223 e. The predicted octanol–water partition coefficient (Wildman–Crippen LogP) is 1.15. The largest absolute Gasteiger partial charge is 0.355 e. The molecule has 0 aliphatic heterocycles. The van der Waals surface area contributed by atoms with Gasteiger partial charge in [-0.1, -0.05) is 6.92 Å².